The fraction of sp³-hybridized carbons (Fsp3) is 0.375. The van der Waals surface area contributed by atoms with Crippen LogP contribution < -0.4 is 0 Å². The van der Waals surface area contributed by atoms with Crippen LogP contribution in [0.15, 0.2) is 12.5 Å². The van der Waals surface area contributed by atoms with E-state index in [4.69, 9.17) is 0 Å². The third-order valence-electron chi connectivity index (χ3n) is 2.23. The predicted octanol–water partition coefficient (Wildman–Crippen LogP) is 1.77. The van der Waals surface area contributed by atoms with E-state index in [9.17, 15) is 0 Å². The first-order chi connectivity index (χ1) is 6.34. The Morgan fingerprint density at radius 3 is 3.00 bits per heavy atom. The fourth-order valence-corrected chi connectivity index (χ4v) is 1.79. The first-order valence-corrected chi connectivity index (χ1v) is 5.27. The summed E-state index contributed by atoms with van der Waals surface area (Å²) in [6.45, 7) is 0. The summed E-state index contributed by atoms with van der Waals surface area (Å²) in [4.78, 5) is 12.7. The Balaban J connectivity index is 2.29. The van der Waals surface area contributed by atoms with Crippen LogP contribution in [0.3, 0.4) is 0 Å². The van der Waals surface area contributed by atoms with Crippen LogP contribution in [0.25, 0.3) is 11.2 Å². The van der Waals surface area contributed by atoms with Crippen LogP contribution in [0.5, 0.6) is 0 Å². The van der Waals surface area contributed by atoms with Crippen molar-refractivity contribution in [1.82, 2.24) is 19.5 Å². The zero-order valence-electron chi connectivity index (χ0n) is 6.81. The van der Waals surface area contributed by atoms with Crippen LogP contribution in [0.4, 0.5) is 0 Å². The molecule has 0 atom stereocenters. The number of hydrogen-bond acceptors (Lipinski definition) is 3. The smallest absolute Gasteiger partial charge is 0.192 e. The van der Waals surface area contributed by atoms with Crippen LogP contribution in [0.1, 0.15) is 18.9 Å². The highest BCUT2D eigenvalue weighted by molar-refractivity contribution is 14.1. The summed E-state index contributed by atoms with van der Waals surface area (Å²) in [6.07, 6.45) is 6.16. The molecule has 0 spiro atoms. The summed E-state index contributed by atoms with van der Waals surface area (Å²) in [5.74, 6) is 0. The van der Waals surface area contributed by atoms with Gasteiger partial charge in [0.25, 0.3) is 0 Å². The molecule has 2 aromatic rings. The fourth-order valence-electron chi connectivity index (χ4n) is 1.43. The van der Waals surface area contributed by atoms with Crippen LogP contribution >= 0.6 is 22.6 Å². The van der Waals surface area contributed by atoms with Gasteiger partial charge in [-0.05, 0) is 12.8 Å². The normalized spacial score (nSPS) is 16.7. The van der Waals surface area contributed by atoms with Gasteiger partial charge in [0.2, 0.25) is 0 Å². The summed E-state index contributed by atoms with van der Waals surface area (Å²) in [6, 6.07) is 0.635. The van der Waals surface area contributed by atoms with Gasteiger partial charge in [-0.25, -0.2) is 15.0 Å². The molecule has 5 heteroatoms. The molecule has 0 radical (unpaired) electrons. The Morgan fingerprint density at radius 1 is 1.38 bits per heavy atom. The van der Waals surface area contributed by atoms with Gasteiger partial charge in [0, 0.05) is 28.6 Å². The second-order valence-corrected chi connectivity index (χ2v) is 4.20. The predicted molar refractivity (Wildman–Crippen MR) is 56.3 cm³/mol. The van der Waals surface area contributed by atoms with Gasteiger partial charge in [-0.2, -0.15) is 0 Å². The zero-order valence-corrected chi connectivity index (χ0v) is 8.97. The Hall–Kier alpha value is -0.720. The molecule has 4 nitrogen and oxygen atoms in total. The maximum absolute atomic E-state index is 4.37. The molecule has 0 N–H and O–H groups in total. The van der Waals surface area contributed by atoms with E-state index in [1.54, 1.807) is 6.20 Å². The van der Waals surface area contributed by atoms with E-state index in [1.807, 2.05) is 6.33 Å². The third kappa shape index (κ3) is 1.21. The van der Waals surface area contributed by atoms with E-state index in [0.29, 0.717) is 6.04 Å². The van der Waals surface area contributed by atoms with Gasteiger partial charge in [0.05, 0.1) is 12.5 Å². The lowest BCUT2D eigenvalue weighted by Crippen LogP contribution is -1.95. The highest BCUT2D eigenvalue weighted by Gasteiger charge is 2.25. The largest absolute Gasteiger partial charge is 0.312 e. The van der Waals surface area contributed by atoms with Crippen molar-refractivity contribution in [2.75, 3.05) is 0 Å². The Morgan fingerprint density at radius 2 is 2.23 bits per heavy atom. The van der Waals surface area contributed by atoms with Gasteiger partial charge in [-0.1, -0.05) is 0 Å². The number of rotatable bonds is 1. The second-order valence-electron chi connectivity index (χ2n) is 3.23. The summed E-state index contributed by atoms with van der Waals surface area (Å²) in [7, 11) is 0. The van der Waals surface area contributed by atoms with Crippen LogP contribution in [0.2, 0.25) is 0 Å². The summed E-state index contributed by atoms with van der Waals surface area (Å²) in [5, 5.41) is 0. The monoisotopic (exact) mass is 286 g/mol. The highest BCUT2D eigenvalue weighted by atomic mass is 127. The van der Waals surface area contributed by atoms with E-state index in [1.165, 1.54) is 12.8 Å². The van der Waals surface area contributed by atoms with Gasteiger partial charge in [0.15, 0.2) is 9.48 Å². The van der Waals surface area contributed by atoms with Crippen molar-refractivity contribution in [2.45, 2.75) is 18.9 Å². The molecule has 1 aliphatic carbocycles. The third-order valence-corrected chi connectivity index (χ3v) is 2.75. The molecule has 0 aliphatic heterocycles. The minimum absolute atomic E-state index is 0.635. The Labute approximate surface area is 88.5 Å². The molecule has 1 fully saturated rings. The quantitative estimate of drug-likeness (QED) is 0.592. The maximum atomic E-state index is 4.37. The number of imidazole rings is 1. The second kappa shape index (κ2) is 2.63. The van der Waals surface area contributed by atoms with Crippen molar-refractivity contribution in [1.29, 1.82) is 0 Å². The minimum Gasteiger partial charge on any atom is -0.312 e. The van der Waals surface area contributed by atoms with Crippen LogP contribution in [-0.2, 0) is 0 Å². The SMILES string of the molecule is Ic1ncc2ncn(C3CC3)c2n1. The summed E-state index contributed by atoms with van der Waals surface area (Å²) in [5.41, 5.74) is 1.87. The topological polar surface area (TPSA) is 43.6 Å². The van der Waals surface area contributed by atoms with Crippen molar-refractivity contribution in [3.63, 3.8) is 0 Å². The molecule has 3 rings (SSSR count). The maximum Gasteiger partial charge on any atom is 0.192 e. The molecular weight excluding hydrogens is 279 g/mol. The summed E-state index contributed by atoms with van der Waals surface area (Å²) < 4.78 is 2.94. The first kappa shape index (κ1) is 7.66. The zero-order chi connectivity index (χ0) is 8.84. The molecule has 2 heterocycles. The number of nitrogens with zero attached hydrogens (tertiary/aromatic N) is 4. The summed E-state index contributed by atoms with van der Waals surface area (Å²) >= 11 is 2.12. The molecule has 0 amide bonds. The lowest BCUT2D eigenvalue weighted by Gasteiger charge is -1.98. The Kier molecular flexibility index (Phi) is 1.55. The average Bonchev–Trinajstić information content (AvgIpc) is 2.87. The molecule has 66 valence electrons. The van der Waals surface area contributed by atoms with E-state index in [-0.39, 0.29) is 0 Å². The molecule has 0 unspecified atom stereocenters. The van der Waals surface area contributed by atoms with E-state index >= 15 is 0 Å². The van der Waals surface area contributed by atoms with Crippen molar-refractivity contribution in [3.05, 3.63) is 16.4 Å². The van der Waals surface area contributed by atoms with Crippen molar-refractivity contribution in [3.8, 4) is 0 Å². The standard InChI is InChI=1S/C8H7IN4/c9-8-10-3-6-7(12-8)13(4-11-6)5-1-2-5/h3-5H,1-2H2. The molecule has 13 heavy (non-hydrogen) atoms. The van der Waals surface area contributed by atoms with Crippen molar-refractivity contribution >= 4 is 33.8 Å². The lowest BCUT2D eigenvalue weighted by atomic mass is 10.5. The lowest BCUT2D eigenvalue weighted by molar-refractivity contribution is 0.755. The van der Waals surface area contributed by atoms with Crippen LogP contribution in [-0.4, -0.2) is 19.5 Å². The van der Waals surface area contributed by atoms with Gasteiger partial charge >= 0.3 is 0 Å². The van der Waals surface area contributed by atoms with Crippen molar-refractivity contribution < 1.29 is 0 Å². The van der Waals surface area contributed by atoms with Crippen molar-refractivity contribution in [2.24, 2.45) is 0 Å². The number of aromatic nitrogens is 4. The Bertz CT molecular complexity index is 460. The van der Waals surface area contributed by atoms with E-state index in [2.05, 4.69) is 42.1 Å². The molecule has 1 saturated carbocycles. The van der Waals surface area contributed by atoms with E-state index < -0.39 is 0 Å². The van der Waals surface area contributed by atoms with Gasteiger partial charge in [-0.3, -0.25) is 0 Å². The molecule has 0 aromatic carbocycles. The number of fused-ring (bicyclic) bond motifs is 1. The van der Waals surface area contributed by atoms with Gasteiger partial charge < -0.3 is 4.57 Å². The van der Waals surface area contributed by atoms with Gasteiger partial charge in [-0.15, -0.1) is 0 Å². The highest BCUT2D eigenvalue weighted by Crippen LogP contribution is 2.36. The van der Waals surface area contributed by atoms with Gasteiger partial charge in [0.1, 0.15) is 5.52 Å². The average molecular weight is 286 g/mol. The first-order valence-electron chi connectivity index (χ1n) is 4.19. The number of hydrogen-bond donors (Lipinski definition) is 0. The molecule has 0 bridgehead atoms. The molecule has 0 saturated heterocycles. The molecule has 2 aromatic heterocycles. The number of halogens is 1. The minimum atomic E-state index is 0.635. The van der Waals surface area contributed by atoms with E-state index in [0.717, 1.165) is 15.0 Å². The molecule has 1 aliphatic rings. The molecular formula is C8H7IN4. The van der Waals surface area contributed by atoms with Crippen LogP contribution in [0, 0.1) is 3.83 Å².